The molecule has 0 bridgehead atoms. The van der Waals surface area contributed by atoms with Crippen molar-refractivity contribution < 1.29 is 0 Å². The third kappa shape index (κ3) is 2.04. The van der Waals surface area contributed by atoms with Crippen molar-refractivity contribution in [2.75, 3.05) is 5.73 Å². The molecule has 0 saturated heterocycles. The number of pyridine rings is 1. The van der Waals surface area contributed by atoms with E-state index in [-0.39, 0.29) is 0 Å². The molecule has 2 rings (SSSR count). The van der Waals surface area contributed by atoms with E-state index < -0.39 is 0 Å². The van der Waals surface area contributed by atoms with Gasteiger partial charge in [-0.3, -0.25) is 9.98 Å². The fourth-order valence-corrected chi connectivity index (χ4v) is 1.75. The summed E-state index contributed by atoms with van der Waals surface area (Å²) < 4.78 is 0. The van der Waals surface area contributed by atoms with Crippen LogP contribution >= 0.6 is 0 Å². The highest BCUT2D eigenvalue weighted by Crippen LogP contribution is 2.32. The average molecular weight is 225 g/mol. The van der Waals surface area contributed by atoms with Crippen LogP contribution in [0.2, 0.25) is 0 Å². The van der Waals surface area contributed by atoms with E-state index in [1.54, 1.807) is 12.3 Å². The van der Waals surface area contributed by atoms with Crippen molar-refractivity contribution in [3.05, 3.63) is 42.1 Å². The Morgan fingerprint density at radius 3 is 2.82 bits per heavy atom. The standard InChI is InChI=1S/C14H15N3/c1-4-7-16-13-10(3)12(15)8-11-6-5-9(2)17-14(11)13/h4-8H,1,15H2,2-3H3/b16-7-. The van der Waals surface area contributed by atoms with Gasteiger partial charge in [-0.15, -0.1) is 0 Å². The Bertz CT molecular complexity index is 612. The molecule has 0 aliphatic heterocycles. The van der Waals surface area contributed by atoms with Gasteiger partial charge in [-0.2, -0.15) is 0 Å². The molecule has 1 aromatic carbocycles. The van der Waals surface area contributed by atoms with E-state index in [2.05, 4.69) is 16.6 Å². The highest BCUT2D eigenvalue weighted by Gasteiger charge is 2.08. The van der Waals surface area contributed by atoms with Crippen LogP contribution in [0.5, 0.6) is 0 Å². The topological polar surface area (TPSA) is 51.3 Å². The molecular weight excluding hydrogens is 210 g/mol. The number of aromatic nitrogens is 1. The smallest absolute Gasteiger partial charge is 0.0965 e. The summed E-state index contributed by atoms with van der Waals surface area (Å²) in [5.41, 5.74) is 10.3. The van der Waals surface area contributed by atoms with Crippen molar-refractivity contribution in [3.8, 4) is 0 Å². The molecule has 86 valence electrons. The van der Waals surface area contributed by atoms with Crippen molar-refractivity contribution in [3.63, 3.8) is 0 Å². The van der Waals surface area contributed by atoms with Crippen LogP contribution in [0.3, 0.4) is 0 Å². The number of hydrogen-bond acceptors (Lipinski definition) is 3. The van der Waals surface area contributed by atoms with E-state index in [0.717, 1.165) is 33.5 Å². The van der Waals surface area contributed by atoms with Gasteiger partial charge in [-0.25, -0.2) is 0 Å². The Kier molecular flexibility index (Phi) is 2.91. The number of allylic oxidation sites excluding steroid dienone is 1. The molecule has 2 aromatic rings. The van der Waals surface area contributed by atoms with Crippen molar-refractivity contribution >= 4 is 28.5 Å². The molecule has 2 N–H and O–H groups in total. The minimum Gasteiger partial charge on any atom is -0.398 e. The summed E-state index contributed by atoms with van der Waals surface area (Å²) in [4.78, 5) is 8.90. The van der Waals surface area contributed by atoms with E-state index in [1.165, 1.54) is 0 Å². The number of benzene rings is 1. The Morgan fingerprint density at radius 2 is 2.12 bits per heavy atom. The Balaban J connectivity index is 2.84. The Labute approximate surface area is 101 Å². The zero-order chi connectivity index (χ0) is 12.4. The van der Waals surface area contributed by atoms with E-state index >= 15 is 0 Å². The summed E-state index contributed by atoms with van der Waals surface area (Å²) >= 11 is 0. The lowest BCUT2D eigenvalue weighted by Crippen LogP contribution is -1.93. The van der Waals surface area contributed by atoms with Gasteiger partial charge in [0.1, 0.15) is 0 Å². The van der Waals surface area contributed by atoms with Gasteiger partial charge in [0.15, 0.2) is 0 Å². The second kappa shape index (κ2) is 4.37. The molecule has 0 radical (unpaired) electrons. The van der Waals surface area contributed by atoms with Gasteiger partial charge >= 0.3 is 0 Å². The lowest BCUT2D eigenvalue weighted by molar-refractivity contribution is 1.25. The van der Waals surface area contributed by atoms with Crippen LogP contribution in [-0.2, 0) is 0 Å². The number of nitrogens with zero attached hydrogens (tertiary/aromatic N) is 2. The highest BCUT2D eigenvalue weighted by molar-refractivity contribution is 5.96. The van der Waals surface area contributed by atoms with E-state index in [4.69, 9.17) is 5.73 Å². The number of anilines is 1. The molecular formula is C14H15N3. The lowest BCUT2D eigenvalue weighted by atomic mass is 10.1. The maximum absolute atomic E-state index is 5.97. The molecule has 0 spiro atoms. The maximum atomic E-state index is 5.97. The molecule has 0 fully saturated rings. The lowest BCUT2D eigenvalue weighted by Gasteiger charge is -2.08. The van der Waals surface area contributed by atoms with E-state index in [1.807, 2.05) is 32.0 Å². The first-order valence-corrected chi connectivity index (χ1v) is 5.45. The van der Waals surface area contributed by atoms with E-state index in [9.17, 15) is 0 Å². The molecule has 3 heteroatoms. The van der Waals surface area contributed by atoms with Gasteiger partial charge in [-0.1, -0.05) is 18.7 Å². The molecule has 17 heavy (non-hydrogen) atoms. The highest BCUT2D eigenvalue weighted by atomic mass is 14.8. The predicted molar refractivity (Wildman–Crippen MR) is 74.0 cm³/mol. The largest absolute Gasteiger partial charge is 0.398 e. The monoisotopic (exact) mass is 225 g/mol. The second-order valence-corrected chi connectivity index (χ2v) is 3.98. The molecule has 3 nitrogen and oxygen atoms in total. The van der Waals surface area contributed by atoms with E-state index in [0.29, 0.717) is 0 Å². The quantitative estimate of drug-likeness (QED) is 0.629. The van der Waals surface area contributed by atoms with Crippen molar-refractivity contribution in [1.82, 2.24) is 4.98 Å². The third-order valence-corrected chi connectivity index (χ3v) is 2.70. The van der Waals surface area contributed by atoms with Gasteiger partial charge in [-0.05, 0) is 31.5 Å². The number of aryl methyl sites for hydroxylation is 1. The van der Waals surface area contributed by atoms with Crippen LogP contribution in [0, 0.1) is 13.8 Å². The fraction of sp³-hybridized carbons (Fsp3) is 0.143. The number of fused-ring (bicyclic) bond motifs is 1. The average Bonchev–Trinajstić information content (AvgIpc) is 2.31. The second-order valence-electron chi connectivity index (χ2n) is 3.98. The summed E-state index contributed by atoms with van der Waals surface area (Å²) in [6.07, 6.45) is 3.30. The zero-order valence-electron chi connectivity index (χ0n) is 10.1. The van der Waals surface area contributed by atoms with Crippen molar-refractivity contribution in [2.24, 2.45) is 4.99 Å². The van der Waals surface area contributed by atoms with Gasteiger partial charge in [0.2, 0.25) is 0 Å². The van der Waals surface area contributed by atoms with Gasteiger partial charge in [0, 0.05) is 23.0 Å². The van der Waals surface area contributed by atoms with Crippen LogP contribution in [0.1, 0.15) is 11.3 Å². The number of aliphatic imine (C=N–C) groups is 1. The molecule has 0 unspecified atom stereocenters. The van der Waals surface area contributed by atoms with Gasteiger partial charge in [0.25, 0.3) is 0 Å². The van der Waals surface area contributed by atoms with Crippen LogP contribution in [-0.4, -0.2) is 11.2 Å². The maximum Gasteiger partial charge on any atom is 0.0965 e. The van der Waals surface area contributed by atoms with Crippen LogP contribution in [0.4, 0.5) is 11.4 Å². The molecule has 0 aliphatic rings. The molecule has 0 amide bonds. The van der Waals surface area contributed by atoms with Crippen LogP contribution in [0.15, 0.2) is 35.8 Å². The van der Waals surface area contributed by atoms with Crippen LogP contribution in [0.25, 0.3) is 10.9 Å². The summed E-state index contributed by atoms with van der Waals surface area (Å²) in [6.45, 7) is 7.54. The number of nitrogens with two attached hydrogens (primary N) is 1. The van der Waals surface area contributed by atoms with Crippen molar-refractivity contribution in [2.45, 2.75) is 13.8 Å². The van der Waals surface area contributed by atoms with Crippen molar-refractivity contribution in [1.29, 1.82) is 0 Å². The van der Waals surface area contributed by atoms with Crippen LogP contribution < -0.4 is 5.73 Å². The number of rotatable bonds is 2. The third-order valence-electron chi connectivity index (χ3n) is 2.70. The summed E-state index contributed by atoms with van der Waals surface area (Å²) in [5.74, 6) is 0. The SMILES string of the molecule is C=C/C=N\c1c(C)c(N)cc2ccc(C)nc12. The fourth-order valence-electron chi connectivity index (χ4n) is 1.75. The molecule has 0 aliphatic carbocycles. The molecule has 1 heterocycles. The van der Waals surface area contributed by atoms with Gasteiger partial charge in [0.05, 0.1) is 11.2 Å². The molecule has 0 atom stereocenters. The minimum atomic E-state index is 0.736. The summed E-state index contributed by atoms with van der Waals surface area (Å²) in [5, 5.41) is 1.01. The van der Waals surface area contributed by atoms with Gasteiger partial charge < -0.3 is 5.73 Å². The zero-order valence-corrected chi connectivity index (χ0v) is 10.1. The molecule has 1 aromatic heterocycles. The number of hydrogen-bond donors (Lipinski definition) is 1. The first-order chi connectivity index (χ1) is 8.13. The Morgan fingerprint density at radius 1 is 1.35 bits per heavy atom. The Hall–Kier alpha value is -2.16. The first kappa shape index (κ1) is 11.3. The predicted octanol–water partition coefficient (Wildman–Crippen LogP) is 3.32. The minimum absolute atomic E-state index is 0.736. The normalized spacial score (nSPS) is 11.2. The summed E-state index contributed by atoms with van der Waals surface area (Å²) in [7, 11) is 0. The first-order valence-electron chi connectivity index (χ1n) is 5.45. The molecule has 0 saturated carbocycles. The summed E-state index contributed by atoms with van der Waals surface area (Å²) in [6, 6.07) is 5.92. The number of nitrogen functional groups attached to an aromatic ring is 1.